The number of fused-ring (bicyclic) bond motifs is 1. The summed E-state index contributed by atoms with van der Waals surface area (Å²) in [5.41, 5.74) is 2.23. The van der Waals surface area contributed by atoms with Crippen LogP contribution >= 0.6 is 0 Å². The van der Waals surface area contributed by atoms with Crippen LogP contribution in [0.15, 0.2) is 60.8 Å². The molecule has 0 bridgehead atoms. The predicted octanol–water partition coefficient (Wildman–Crippen LogP) is 3.27. The van der Waals surface area contributed by atoms with E-state index in [9.17, 15) is 0 Å². The van der Waals surface area contributed by atoms with Crippen LogP contribution in [0.4, 0.5) is 17.5 Å². The first-order chi connectivity index (χ1) is 14.3. The molecule has 148 valence electrons. The molecule has 0 atom stereocenters. The second kappa shape index (κ2) is 7.97. The zero-order valence-corrected chi connectivity index (χ0v) is 16.1. The van der Waals surface area contributed by atoms with Crippen molar-refractivity contribution in [1.82, 2.24) is 14.9 Å². The highest BCUT2D eigenvalue weighted by molar-refractivity contribution is 5.61. The number of anilines is 3. The molecule has 7 heteroatoms. The molecular formula is C22H23N5O2. The van der Waals surface area contributed by atoms with Crippen LogP contribution in [0.3, 0.4) is 0 Å². The van der Waals surface area contributed by atoms with E-state index < -0.39 is 0 Å². The number of piperazine rings is 1. The molecule has 0 radical (unpaired) electrons. The molecule has 1 N–H and O–H groups in total. The summed E-state index contributed by atoms with van der Waals surface area (Å²) in [7, 11) is 0. The van der Waals surface area contributed by atoms with Gasteiger partial charge in [-0.3, -0.25) is 4.90 Å². The van der Waals surface area contributed by atoms with Gasteiger partial charge in [-0.1, -0.05) is 30.3 Å². The van der Waals surface area contributed by atoms with Gasteiger partial charge in [-0.05, 0) is 23.8 Å². The number of nitrogens with one attached hydrogen (secondary N) is 1. The van der Waals surface area contributed by atoms with E-state index in [1.54, 1.807) is 6.20 Å². The van der Waals surface area contributed by atoms with Crippen molar-refractivity contribution in [1.29, 1.82) is 0 Å². The van der Waals surface area contributed by atoms with Crippen LogP contribution in [0.5, 0.6) is 11.5 Å². The maximum Gasteiger partial charge on any atom is 0.231 e. The fourth-order valence-corrected chi connectivity index (χ4v) is 3.67. The SMILES string of the molecule is c1ccc(CN2CCN(c3ccnc(Nc4ccc5c(c4)OCO5)n3)CC2)cc1. The number of ether oxygens (including phenoxy) is 2. The Balaban J connectivity index is 1.21. The molecule has 1 aromatic heterocycles. The van der Waals surface area contributed by atoms with Crippen LogP contribution in [0, 0.1) is 0 Å². The lowest BCUT2D eigenvalue weighted by molar-refractivity contribution is 0.174. The quantitative estimate of drug-likeness (QED) is 0.718. The van der Waals surface area contributed by atoms with Crippen molar-refractivity contribution in [3.63, 3.8) is 0 Å². The van der Waals surface area contributed by atoms with E-state index in [0.717, 1.165) is 55.7 Å². The molecule has 3 heterocycles. The highest BCUT2D eigenvalue weighted by Gasteiger charge is 2.19. The molecular weight excluding hydrogens is 366 g/mol. The predicted molar refractivity (Wildman–Crippen MR) is 112 cm³/mol. The van der Waals surface area contributed by atoms with Gasteiger partial charge in [-0.15, -0.1) is 0 Å². The molecule has 29 heavy (non-hydrogen) atoms. The van der Waals surface area contributed by atoms with Crippen molar-refractivity contribution in [2.75, 3.05) is 43.2 Å². The Morgan fingerprint density at radius 1 is 0.897 bits per heavy atom. The summed E-state index contributed by atoms with van der Waals surface area (Å²) in [5.74, 6) is 3.02. The third-order valence-corrected chi connectivity index (χ3v) is 5.21. The molecule has 0 spiro atoms. The summed E-state index contributed by atoms with van der Waals surface area (Å²) >= 11 is 0. The average Bonchev–Trinajstić information content (AvgIpc) is 3.23. The van der Waals surface area contributed by atoms with Crippen molar-refractivity contribution < 1.29 is 9.47 Å². The van der Waals surface area contributed by atoms with E-state index in [4.69, 9.17) is 14.5 Å². The monoisotopic (exact) mass is 389 g/mol. The van der Waals surface area contributed by atoms with Crippen LogP contribution < -0.4 is 19.7 Å². The van der Waals surface area contributed by atoms with Gasteiger partial charge in [-0.25, -0.2) is 4.98 Å². The Hall–Kier alpha value is -3.32. The fraction of sp³-hybridized carbons (Fsp3) is 0.273. The lowest BCUT2D eigenvalue weighted by Gasteiger charge is -2.35. The zero-order valence-electron chi connectivity index (χ0n) is 16.1. The Kier molecular flexibility index (Phi) is 4.88. The first-order valence-corrected chi connectivity index (χ1v) is 9.84. The maximum absolute atomic E-state index is 5.43. The van der Waals surface area contributed by atoms with Gasteiger partial charge in [0.05, 0.1) is 0 Å². The zero-order chi connectivity index (χ0) is 19.5. The minimum atomic E-state index is 0.265. The number of hydrogen-bond donors (Lipinski definition) is 1. The molecule has 0 saturated carbocycles. The van der Waals surface area contributed by atoms with Crippen molar-refractivity contribution >= 4 is 17.5 Å². The van der Waals surface area contributed by atoms with Gasteiger partial charge in [0.15, 0.2) is 11.5 Å². The fourth-order valence-electron chi connectivity index (χ4n) is 3.67. The Morgan fingerprint density at radius 3 is 2.59 bits per heavy atom. The summed E-state index contributed by atoms with van der Waals surface area (Å²) in [6, 6.07) is 18.3. The molecule has 1 fully saturated rings. The summed E-state index contributed by atoms with van der Waals surface area (Å²) in [6.07, 6.45) is 1.80. The summed E-state index contributed by atoms with van der Waals surface area (Å²) < 4.78 is 10.8. The molecule has 5 rings (SSSR count). The lowest BCUT2D eigenvalue weighted by atomic mass is 10.2. The van der Waals surface area contributed by atoms with Crippen LogP contribution in [-0.4, -0.2) is 47.8 Å². The molecule has 2 aliphatic rings. The van der Waals surface area contributed by atoms with E-state index in [0.29, 0.717) is 5.95 Å². The Bertz CT molecular complexity index is 974. The Labute approximate surface area is 169 Å². The normalized spacial score (nSPS) is 16.1. The number of rotatable bonds is 5. The van der Waals surface area contributed by atoms with Gasteiger partial charge >= 0.3 is 0 Å². The average molecular weight is 389 g/mol. The highest BCUT2D eigenvalue weighted by atomic mass is 16.7. The first-order valence-electron chi connectivity index (χ1n) is 9.84. The second-order valence-corrected chi connectivity index (χ2v) is 7.18. The van der Waals surface area contributed by atoms with Crippen LogP contribution in [0.25, 0.3) is 0 Å². The van der Waals surface area contributed by atoms with Gasteiger partial charge < -0.3 is 19.7 Å². The van der Waals surface area contributed by atoms with E-state index in [1.807, 2.05) is 24.3 Å². The summed E-state index contributed by atoms with van der Waals surface area (Å²) in [5, 5.41) is 3.26. The first kappa shape index (κ1) is 17.8. The minimum Gasteiger partial charge on any atom is -0.454 e. The van der Waals surface area contributed by atoms with Crippen molar-refractivity contribution in [2.45, 2.75) is 6.54 Å². The maximum atomic E-state index is 5.43. The van der Waals surface area contributed by atoms with Crippen LogP contribution in [0.1, 0.15) is 5.56 Å². The van der Waals surface area contributed by atoms with Gasteiger partial charge in [-0.2, -0.15) is 4.98 Å². The summed E-state index contributed by atoms with van der Waals surface area (Å²) in [6.45, 7) is 5.20. The molecule has 7 nitrogen and oxygen atoms in total. The van der Waals surface area contributed by atoms with Crippen molar-refractivity contribution in [3.05, 3.63) is 66.4 Å². The third kappa shape index (κ3) is 4.09. The minimum absolute atomic E-state index is 0.265. The standard InChI is InChI=1S/C22H23N5O2/c1-2-4-17(5-3-1)15-26-10-12-27(13-11-26)21-8-9-23-22(25-21)24-18-6-7-19-20(14-18)29-16-28-19/h1-9,14H,10-13,15-16H2,(H,23,24,25). The molecule has 0 aliphatic carbocycles. The summed E-state index contributed by atoms with van der Waals surface area (Å²) in [4.78, 5) is 13.9. The van der Waals surface area contributed by atoms with Gasteiger partial charge in [0, 0.05) is 50.7 Å². The number of hydrogen-bond acceptors (Lipinski definition) is 7. The molecule has 3 aromatic rings. The van der Waals surface area contributed by atoms with E-state index >= 15 is 0 Å². The van der Waals surface area contributed by atoms with Gasteiger partial charge in [0.2, 0.25) is 12.7 Å². The van der Waals surface area contributed by atoms with Crippen molar-refractivity contribution in [2.24, 2.45) is 0 Å². The number of nitrogens with zero attached hydrogens (tertiary/aromatic N) is 4. The molecule has 2 aromatic carbocycles. The molecule has 0 unspecified atom stereocenters. The van der Waals surface area contributed by atoms with E-state index in [2.05, 4.69) is 50.4 Å². The number of aromatic nitrogens is 2. The lowest BCUT2D eigenvalue weighted by Crippen LogP contribution is -2.46. The second-order valence-electron chi connectivity index (χ2n) is 7.18. The van der Waals surface area contributed by atoms with E-state index in [-0.39, 0.29) is 6.79 Å². The van der Waals surface area contributed by atoms with Gasteiger partial charge in [0.25, 0.3) is 0 Å². The van der Waals surface area contributed by atoms with Crippen molar-refractivity contribution in [3.8, 4) is 11.5 Å². The van der Waals surface area contributed by atoms with E-state index in [1.165, 1.54) is 5.56 Å². The smallest absolute Gasteiger partial charge is 0.231 e. The van der Waals surface area contributed by atoms with Crippen LogP contribution in [0.2, 0.25) is 0 Å². The third-order valence-electron chi connectivity index (χ3n) is 5.21. The molecule has 1 saturated heterocycles. The molecule has 0 amide bonds. The molecule has 2 aliphatic heterocycles. The van der Waals surface area contributed by atoms with Gasteiger partial charge in [0.1, 0.15) is 5.82 Å². The number of benzene rings is 2. The topological polar surface area (TPSA) is 62.8 Å². The largest absolute Gasteiger partial charge is 0.454 e. The highest BCUT2D eigenvalue weighted by Crippen LogP contribution is 2.34. The Morgan fingerprint density at radius 2 is 1.72 bits per heavy atom. The van der Waals surface area contributed by atoms with Crippen LogP contribution in [-0.2, 0) is 6.54 Å².